The molecule has 2 heteroatoms. The number of allylic oxidation sites excluding steroid dienone is 8. The van der Waals surface area contributed by atoms with Crippen molar-refractivity contribution in [3.8, 4) is 0 Å². The first-order chi connectivity index (χ1) is 6.69. The van der Waals surface area contributed by atoms with Crippen LogP contribution in [0.3, 0.4) is 0 Å². The van der Waals surface area contributed by atoms with Gasteiger partial charge < -0.3 is 0 Å². The van der Waals surface area contributed by atoms with Crippen LogP contribution in [0.5, 0.6) is 0 Å². The van der Waals surface area contributed by atoms with Crippen LogP contribution in [0.4, 0.5) is 0 Å². The molecule has 0 aromatic heterocycles. The zero-order chi connectivity index (χ0) is 9.76. The fraction of sp³-hybridized carbons (Fsp3) is 0.333. The van der Waals surface area contributed by atoms with E-state index in [9.17, 15) is 0 Å². The van der Waals surface area contributed by atoms with E-state index in [0.29, 0.717) is 0 Å². The molecule has 1 aliphatic heterocycles. The molecule has 0 amide bonds. The van der Waals surface area contributed by atoms with Gasteiger partial charge in [-0.15, -0.1) is 0 Å². The number of rotatable bonds is 0. The van der Waals surface area contributed by atoms with E-state index >= 15 is 0 Å². The van der Waals surface area contributed by atoms with Crippen LogP contribution in [0.1, 0.15) is 12.8 Å². The van der Waals surface area contributed by atoms with E-state index in [4.69, 9.17) is 0 Å². The Bertz CT molecular complexity index is 384. The second kappa shape index (κ2) is 3.02. The van der Waals surface area contributed by atoms with Gasteiger partial charge in [0.25, 0.3) is 0 Å². The second-order valence-electron chi connectivity index (χ2n) is 4.75. The van der Waals surface area contributed by atoms with E-state index in [2.05, 4.69) is 37.4 Å². The Morgan fingerprint density at radius 3 is 2.00 bits per heavy atom. The third-order valence-electron chi connectivity index (χ3n) is 3.51. The monoisotopic (exact) mass is 276 g/mol. The van der Waals surface area contributed by atoms with Crippen LogP contribution < -0.4 is 0 Å². The van der Waals surface area contributed by atoms with Crippen molar-refractivity contribution in [1.82, 2.24) is 0 Å². The molecule has 0 fully saturated rings. The zero-order valence-corrected chi connectivity index (χ0v) is 12.2. The molecule has 3 rings (SSSR count). The van der Waals surface area contributed by atoms with Crippen molar-refractivity contribution < 1.29 is 23.2 Å². The van der Waals surface area contributed by atoms with E-state index < -0.39 is 8.07 Å². The Labute approximate surface area is 98.1 Å². The fourth-order valence-corrected chi connectivity index (χ4v) is 14.2. The first-order valence-electron chi connectivity index (χ1n) is 5.27. The van der Waals surface area contributed by atoms with E-state index in [1.165, 1.54) is 12.8 Å². The summed E-state index contributed by atoms with van der Waals surface area (Å²) in [6.07, 6.45) is 12.3. The SMILES string of the molecule is C[Si]1(C)C2=[C](CC=C2)[Zr][C]2=C1C=CC2. The zero-order valence-electron chi connectivity index (χ0n) is 8.72. The summed E-state index contributed by atoms with van der Waals surface area (Å²) in [5, 5.41) is 3.60. The van der Waals surface area contributed by atoms with Crippen molar-refractivity contribution in [3.05, 3.63) is 41.3 Å². The summed E-state index contributed by atoms with van der Waals surface area (Å²) in [5.41, 5.74) is 0. The van der Waals surface area contributed by atoms with Crippen LogP contribution in [-0.2, 0) is 23.2 Å². The minimum atomic E-state index is -1.22. The van der Waals surface area contributed by atoms with Gasteiger partial charge >= 0.3 is 98.5 Å². The van der Waals surface area contributed by atoms with E-state index in [-0.39, 0.29) is 23.2 Å². The van der Waals surface area contributed by atoms with Crippen LogP contribution in [0.2, 0.25) is 13.1 Å². The molecule has 0 N–H and O–H groups in total. The molecule has 0 unspecified atom stereocenters. The van der Waals surface area contributed by atoms with Gasteiger partial charge in [0, 0.05) is 0 Å². The molecule has 0 atom stereocenters. The second-order valence-corrected chi connectivity index (χ2v) is 12.7. The van der Waals surface area contributed by atoms with Gasteiger partial charge in [0.05, 0.1) is 0 Å². The molecule has 70 valence electrons. The Morgan fingerprint density at radius 2 is 1.50 bits per heavy atom. The molecule has 2 aliphatic carbocycles. The van der Waals surface area contributed by atoms with Gasteiger partial charge in [0.2, 0.25) is 0 Å². The Morgan fingerprint density at radius 1 is 1.00 bits per heavy atom. The van der Waals surface area contributed by atoms with Gasteiger partial charge in [-0.3, -0.25) is 0 Å². The van der Waals surface area contributed by atoms with Gasteiger partial charge in [0.1, 0.15) is 0 Å². The summed E-state index contributed by atoms with van der Waals surface area (Å²) in [7, 11) is -1.22. The Balaban J connectivity index is 2.14. The number of hydrogen-bond acceptors (Lipinski definition) is 0. The van der Waals surface area contributed by atoms with Gasteiger partial charge in [-0.2, -0.15) is 0 Å². The minimum absolute atomic E-state index is 0.324. The predicted molar refractivity (Wildman–Crippen MR) is 59.0 cm³/mol. The van der Waals surface area contributed by atoms with Crippen molar-refractivity contribution in [1.29, 1.82) is 0 Å². The van der Waals surface area contributed by atoms with E-state index in [1.54, 1.807) is 10.4 Å². The molecular weight excluding hydrogens is 263 g/mol. The third kappa shape index (κ3) is 1.13. The van der Waals surface area contributed by atoms with Gasteiger partial charge in [-0.25, -0.2) is 0 Å². The van der Waals surface area contributed by atoms with Gasteiger partial charge in [-0.05, 0) is 0 Å². The first-order valence-corrected chi connectivity index (χ1v) is 10.7. The Hall–Kier alpha value is 0.0600. The molecular formula is C12H14SiZr. The maximum absolute atomic E-state index is 2.53. The topological polar surface area (TPSA) is 0 Å². The van der Waals surface area contributed by atoms with E-state index in [0.717, 1.165) is 0 Å². The molecule has 0 spiro atoms. The third-order valence-corrected chi connectivity index (χ3v) is 12.2. The molecule has 0 saturated carbocycles. The Kier molecular flexibility index (Phi) is 2.01. The molecule has 14 heavy (non-hydrogen) atoms. The quantitative estimate of drug-likeness (QED) is 0.596. The summed E-state index contributed by atoms with van der Waals surface area (Å²) in [6.45, 7) is 5.06. The maximum atomic E-state index is 2.53. The van der Waals surface area contributed by atoms with E-state index in [1.807, 2.05) is 6.56 Å². The van der Waals surface area contributed by atoms with Gasteiger partial charge in [-0.1, -0.05) is 0 Å². The number of hydrogen-bond donors (Lipinski definition) is 0. The predicted octanol–water partition coefficient (Wildman–Crippen LogP) is 3.30. The molecule has 0 bridgehead atoms. The summed E-state index contributed by atoms with van der Waals surface area (Å²) >= 11 is -0.324. The summed E-state index contributed by atoms with van der Waals surface area (Å²) in [6, 6.07) is 0. The first kappa shape index (κ1) is 9.30. The molecule has 0 aromatic rings. The average Bonchev–Trinajstić information content (AvgIpc) is 2.71. The average molecular weight is 278 g/mol. The summed E-state index contributed by atoms with van der Waals surface area (Å²) in [5.74, 6) is 0. The molecule has 3 aliphatic rings. The molecule has 0 nitrogen and oxygen atoms in total. The van der Waals surface area contributed by atoms with Crippen LogP contribution in [-0.4, -0.2) is 8.07 Å². The van der Waals surface area contributed by atoms with Crippen LogP contribution >= 0.6 is 0 Å². The van der Waals surface area contributed by atoms with Crippen molar-refractivity contribution in [2.75, 3.05) is 0 Å². The summed E-state index contributed by atoms with van der Waals surface area (Å²) in [4.78, 5) is 0. The van der Waals surface area contributed by atoms with Crippen molar-refractivity contribution in [3.63, 3.8) is 0 Å². The standard InChI is InChI=1S/C12H14Si.Zr/c1-13(2,11-7-3-4-8-11)12-9-5-6-10-12;/h3,5,7,9H,4,6H2,1-2H3;. The normalized spacial score (nSPS) is 26.7. The van der Waals surface area contributed by atoms with Crippen molar-refractivity contribution >= 4 is 8.07 Å². The molecule has 1 heterocycles. The van der Waals surface area contributed by atoms with Crippen molar-refractivity contribution in [2.45, 2.75) is 25.9 Å². The molecule has 0 saturated heterocycles. The van der Waals surface area contributed by atoms with Crippen LogP contribution in [0.15, 0.2) is 41.3 Å². The molecule has 0 aromatic carbocycles. The molecule has 0 radical (unpaired) electrons. The van der Waals surface area contributed by atoms with Crippen LogP contribution in [0, 0.1) is 0 Å². The van der Waals surface area contributed by atoms with Crippen molar-refractivity contribution in [2.24, 2.45) is 0 Å². The van der Waals surface area contributed by atoms with Crippen LogP contribution in [0.25, 0.3) is 0 Å². The summed E-state index contributed by atoms with van der Waals surface area (Å²) < 4.78 is 3.79. The van der Waals surface area contributed by atoms with Gasteiger partial charge in [0.15, 0.2) is 0 Å². The fourth-order valence-electron chi connectivity index (χ4n) is 2.75.